The Labute approximate surface area is 339 Å². The molecule has 318 valence electrons. The van der Waals surface area contributed by atoms with Crippen LogP contribution in [0.5, 0.6) is 0 Å². The van der Waals surface area contributed by atoms with E-state index < -0.39 is 71.9 Å². The predicted octanol–water partition coefficient (Wildman–Crippen LogP) is 4.70. The number of nitrogens with zero attached hydrogens (tertiary/aromatic N) is 3. The van der Waals surface area contributed by atoms with Crippen molar-refractivity contribution in [1.82, 2.24) is 14.8 Å². The van der Waals surface area contributed by atoms with Crippen LogP contribution >= 0.6 is 11.6 Å². The number of anilines is 1. The van der Waals surface area contributed by atoms with Crippen LogP contribution in [-0.2, 0) is 23.7 Å². The van der Waals surface area contributed by atoms with E-state index in [2.05, 4.69) is 15.2 Å². The number of ether oxygens (including phenoxy) is 4. The van der Waals surface area contributed by atoms with Gasteiger partial charge < -0.3 is 54.5 Å². The van der Waals surface area contributed by atoms with Crippen LogP contribution in [0.3, 0.4) is 0 Å². The molecule has 0 spiro atoms. The van der Waals surface area contributed by atoms with E-state index in [1.165, 1.54) is 6.92 Å². The summed E-state index contributed by atoms with van der Waals surface area (Å²) in [6.07, 6.45) is -2.59. The molecule has 2 fully saturated rings. The van der Waals surface area contributed by atoms with E-state index in [9.17, 15) is 25.2 Å². The van der Waals surface area contributed by atoms with Crippen LogP contribution in [0.4, 0.5) is 5.69 Å². The Hall–Kier alpha value is -2.17. The first-order chi connectivity index (χ1) is 26.2. The number of cyclic esters (lactones) is 1. The molecule has 5 N–H and O–H groups in total. The van der Waals surface area contributed by atoms with E-state index in [1.54, 1.807) is 33.9 Å². The lowest BCUT2D eigenvalue weighted by molar-refractivity contribution is -0.306. The van der Waals surface area contributed by atoms with Crippen molar-refractivity contribution in [2.45, 2.75) is 147 Å². The highest BCUT2D eigenvalue weighted by atomic mass is 35.5. The standard InChI is InChI=1S/C42H69ClN4O9/c1-12-34-42(8,52)37(49)28(6)47(11)23-24(2)22-41(7,51)38(26(4)35(48)27(5)39(50)55-34)56-40-36(33(46(9)10)20-25(3)54-40)53-19-13-17-44-31-16-18-45-32-21-29(43)14-15-30(31)32/h14-16,18,21,24-28,33-38,40,48-49,51-52H,12-13,17,19-20,22-23H2,1-11H3,(H,44,45)/t24-,25-,26+,27-,28-,33+,34-,35+,36-,37-,38-,40+,41-,42-/m1/s1. The largest absolute Gasteiger partial charge is 0.459 e. The number of hydrogen-bond acceptors (Lipinski definition) is 13. The Morgan fingerprint density at radius 1 is 1.11 bits per heavy atom. The van der Waals surface area contributed by atoms with Crippen LogP contribution in [0.2, 0.25) is 5.02 Å². The third kappa shape index (κ3) is 11.1. The van der Waals surface area contributed by atoms with E-state index in [1.807, 2.05) is 71.1 Å². The van der Waals surface area contributed by atoms with Gasteiger partial charge in [-0.2, -0.15) is 0 Å². The molecule has 4 rings (SSSR count). The number of benzene rings is 1. The first kappa shape index (κ1) is 46.5. The van der Waals surface area contributed by atoms with Gasteiger partial charge in [-0.1, -0.05) is 32.4 Å². The van der Waals surface area contributed by atoms with Crippen molar-refractivity contribution < 1.29 is 44.2 Å². The number of likely N-dealkylation sites (N-methyl/N-ethyl adjacent to an activating group) is 2. The molecule has 56 heavy (non-hydrogen) atoms. The van der Waals surface area contributed by atoms with Crippen molar-refractivity contribution in [2.75, 3.05) is 46.2 Å². The van der Waals surface area contributed by atoms with Gasteiger partial charge in [-0.25, -0.2) is 0 Å². The first-order valence-corrected chi connectivity index (χ1v) is 20.7. The SMILES string of the molecule is CC[C@H]1OC(=O)[C@H](C)[C@@H](O)[C@H](C)[C@@H](O[C@@H]2O[C@H](C)C[C@H](N(C)C)[C@H]2OCCCNc2ccnc3cc(Cl)ccc23)[C@](C)(O)C[C@@H](C)CN(C)[C@H](C)[C@@H](O)[C@]1(C)O. The van der Waals surface area contributed by atoms with Gasteiger partial charge in [-0.05, 0) is 112 Å². The minimum Gasteiger partial charge on any atom is -0.459 e. The number of carbonyl (C=O) groups excluding carboxylic acids is 1. The maximum absolute atomic E-state index is 13.6. The normalized spacial score (nSPS) is 38.6. The Morgan fingerprint density at radius 3 is 2.46 bits per heavy atom. The van der Waals surface area contributed by atoms with Crippen LogP contribution in [0.25, 0.3) is 10.9 Å². The molecular weight excluding hydrogens is 740 g/mol. The minimum absolute atomic E-state index is 0.0776. The van der Waals surface area contributed by atoms with Gasteiger partial charge >= 0.3 is 5.97 Å². The van der Waals surface area contributed by atoms with Gasteiger partial charge in [0.05, 0.1) is 35.3 Å². The van der Waals surface area contributed by atoms with Crippen LogP contribution in [0.15, 0.2) is 30.5 Å². The van der Waals surface area contributed by atoms with Gasteiger partial charge in [-0.3, -0.25) is 9.78 Å². The van der Waals surface area contributed by atoms with Crippen LogP contribution in [-0.4, -0.2) is 148 Å². The molecule has 2 aliphatic heterocycles. The fraction of sp³-hybridized carbons (Fsp3) is 0.762. The second kappa shape index (κ2) is 19.7. The topological polar surface area (TPSA) is 166 Å². The number of nitrogens with one attached hydrogen (secondary N) is 1. The number of aliphatic hydroxyl groups excluding tert-OH is 2. The summed E-state index contributed by atoms with van der Waals surface area (Å²) >= 11 is 6.18. The Morgan fingerprint density at radius 2 is 1.80 bits per heavy atom. The number of pyridine rings is 1. The van der Waals surface area contributed by atoms with Crippen molar-refractivity contribution in [3.8, 4) is 0 Å². The van der Waals surface area contributed by atoms with E-state index in [-0.39, 0.29) is 30.9 Å². The summed E-state index contributed by atoms with van der Waals surface area (Å²) in [4.78, 5) is 22.1. The highest BCUT2D eigenvalue weighted by Gasteiger charge is 2.50. The van der Waals surface area contributed by atoms with E-state index in [4.69, 9.17) is 30.5 Å². The Bertz CT molecular complexity index is 1570. The average molecular weight is 809 g/mol. The zero-order chi connectivity index (χ0) is 41.7. The summed E-state index contributed by atoms with van der Waals surface area (Å²) in [5.41, 5.74) is -1.51. The number of carbonyl (C=O) groups is 1. The van der Waals surface area contributed by atoms with E-state index in [0.717, 1.165) is 16.6 Å². The summed E-state index contributed by atoms with van der Waals surface area (Å²) in [6.45, 7) is 15.6. The molecule has 2 saturated heterocycles. The molecule has 0 unspecified atom stereocenters. The predicted molar refractivity (Wildman–Crippen MR) is 219 cm³/mol. The summed E-state index contributed by atoms with van der Waals surface area (Å²) in [7, 11) is 5.85. The molecule has 0 amide bonds. The fourth-order valence-electron chi connectivity index (χ4n) is 8.69. The van der Waals surface area contributed by atoms with Crippen molar-refractivity contribution >= 4 is 34.2 Å². The van der Waals surface area contributed by atoms with Gasteiger partial charge in [0, 0.05) is 60.0 Å². The third-order valence-electron chi connectivity index (χ3n) is 12.1. The smallest absolute Gasteiger partial charge is 0.311 e. The Balaban J connectivity index is 1.59. The molecular formula is C42H69ClN4O9. The Kier molecular flexibility index (Phi) is 16.4. The van der Waals surface area contributed by atoms with Crippen LogP contribution in [0.1, 0.15) is 81.1 Å². The van der Waals surface area contributed by atoms with Crippen molar-refractivity contribution in [3.05, 3.63) is 35.5 Å². The van der Waals surface area contributed by atoms with Gasteiger partial charge in [0.2, 0.25) is 0 Å². The number of hydrogen-bond donors (Lipinski definition) is 5. The quantitative estimate of drug-likeness (QED) is 0.166. The van der Waals surface area contributed by atoms with E-state index in [0.29, 0.717) is 37.6 Å². The van der Waals surface area contributed by atoms with Gasteiger partial charge in [0.25, 0.3) is 0 Å². The number of esters is 1. The van der Waals surface area contributed by atoms with Crippen molar-refractivity contribution in [3.63, 3.8) is 0 Å². The molecule has 14 atom stereocenters. The second-order valence-corrected chi connectivity index (χ2v) is 17.7. The molecule has 3 heterocycles. The summed E-state index contributed by atoms with van der Waals surface area (Å²) in [5.74, 6) is -2.66. The molecule has 1 aromatic carbocycles. The number of aliphatic hydroxyl groups is 4. The molecule has 0 saturated carbocycles. The van der Waals surface area contributed by atoms with Crippen LogP contribution < -0.4 is 5.32 Å². The minimum atomic E-state index is -1.76. The molecule has 0 bridgehead atoms. The highest BCUT2D eigenvalue weighted by Crippen LogP contribution is 2.37. The lowest BCUT2D eigenvalue weighted by atomic mass is 9.78. The number of halogens is 1. The molecule has 0 radical (unpaired) electrons. The highest BCUT2D eigenvalue weighted by molar-refractivity contribution is 6.31. The van der Waals surface area contributed by atoms with Crippen molar-refractivity contribution in [1.29, 1.82) is 0 Å². The van der Waals surface area contributed by atoms with Gasteiger partial charge in [0.15, 0.2) is 6.29 Å². The lowest BCUT2D eigenvalue weighted by Gasteiger charge is -2.48. The van der Waals surface area contributed by atoms with Crippen LogP contribution in [0, 0.1) is 17.8 Å². The maximum Gasteiger partial charge on any atom is 0.311 e. The molecule has 2 aromatic rings. The number of aromatic nitrogens is 1. The lowest BCUT2D eigenvalue weighted by Crippen LogP contribution is -2.60. The van der Waals surface area contributed by atoms with Gasteiger partial charge in [0.1, 0.15) is 23.9 Å². The van der Waals surface area contributed by atoms with Crippen molar-refractivity contribution in [2.24, 2.45) is 17.8 Å². The number of rotatable bonds is 10. The maximum atomic E-state index is 13.6. The molecule has 13 nitrogen and oxygen atoms in total. The molecule has 1 aromatic heterocycles. The zero-order valence-electron chi connectivity index (χ0n) is 35.3. The summed E-state index contributed by atoms with van der Waals surface area (Å²) in [5, 5.41) is 52.2. The monoisotopic (exact) mass is 808 g/mol. The summed E-state index contributed by atoms with van der Waals surface area (Å²) in [6, 6.07) is 6.98. The summed E-state index contributed by atoms with van der Waals surface area (Å²) < 4.78 is 25.8. The molecule has 2 aliphatic rings. The van der Waals surface area contributed by atoms with E-state index >= 15 is 0 Å². The third-order valence-corrected chi connectivity index (χ3v) is 12.3. The zero-order valence-corrected chi connectivity index (χ0v) is 36.1. The fourth-order valence-corrected chi connectivity index (χ4v) is 8.86. The second-order valence-electron chi connectivity index (χ2n) is 17.3. The molecule has 14 heteroatoms. The average Bonchev–Trinajstić information content (AvgIpc) is 3.13. The first-order valence-electron chi connectivity index (χ1n) is 20.3. The molecule has 0 aliphatic carbocycles. The van der Waals surface area contributed by atoms with Gasteiger partial charge in [-0.15, -0.1) is 0 Å². The number of fused-ring (bicyclic) bond motifs is 1.